The van der Waals surface area contributed by atoms with Crippen molar-refractivity contribution < 1.29 is 33.2 Å². The third-order valence-electron chi connectivity index (χ3n) is 9.28. The van der Waals surface area contributed by atoms with Gasteiger partial charge in [-0.05, 0) is 73.8 Å². The molecule has 9 N–H and O–H groups in total. The lowest BCUT2D eigenvalue weighted by Crippen LogP contribution is -2.59. The Morgan fingerprint density at radius 2 is 1.28 bits per heavy atom. The molecule has 6 amide bonds. The van der Waals surface area contributed by atoms with Gasteiger partial charge in [-0.15, -0.1) is 0 Å². The average Bonchev–Trinajstić information content (AvgIpc) is 3.18. The number of primary amides is 1. The smallest absolute Gasteiger partial charge is 0.253 e. The fourth-order valence-corrected chi connectivity index (χ4v) is 6.38. The van der Waals surface area contributed by atoms with E-state index in [0.717, 1.165) is 17.8 Å². The summed E-state index contributed by atoms with van der Waals surface area (Å²) in [7, 11) is 7.47. The summed E-state index contributed by atoms with van der Waals surface area (Å²) in [6, 6.07) is 9.20. The largest absolute Gasteiger partial charge is 0.370 e. The fourth-order valence-electron chi connectivity index (χ4n) is 6.38. The van der Waals surface area contributed by atoms with Crippen LogP contribution in [0.25, 0.3) is 6.08 Å². The highest BCUT2D eigenvalue weighted by Gasteiger charge is 2.36. The zero-order valence-corrected chi connectivity index (χ0v) is 36.4. The minimum absolute atomic E-state index is 0.0856. The number of nitrogens with one attached hydrogen (secondary N) is 3. The van der Waals surface area contributed by atoms with Crippen LogP contribution >= 0.6 is 0 Å². The molecular formula is C43H64FN11O6. The Bertz CT molecular complexity index is 1840. The van der Waals surface area contributed by atoms with Crippen molar-refractivity contribution in [2.24, 2.45) is 33.1 Å². The van der Waals surface area contributed by atoms with E-state index < -0.39 is 65.4 Å². The van der Waals surface area contributed by atoms with Gasteiger partial charge in [0.05, 0.1) is 0 Å². The highest BCUT2D eigenvalue weighted by Crippen LogP contribution is 2.16. The van der Waals surface area contributed by atoms with Gasteiger partial charge in [-0.25, -0.2) is 4.39 Å². The van der Waals surface area contributed by atoms with Gasteiger partial charge >= 0.3 is 0 Å². The Labute approximate surface area is 358 Å². The van der Waals surface area contributed by atoms with Crippen LogP contribution in [0.1, 0.15) is 70.4 Å². The monoisotopic (exact) mass is 850 g/mol. The fraction of sp³-hybridized carbons (Fsp3) is 0.488. The molecule has 0 aromatic heterocycles. The molecule has 0 spiro atoms. The third-order valence-corrected chi connectivity index (χ3v) is 9.28. The van der Waals surface area contributed by atoms with E-state index in [1.165, 1.54) is 36.4 Å². The number of carbonyl (C=O) groups is 6. The summed E-state index contributed by atoms with van der Waals surface area (Å²) >= 11 is 0. The second kappa shape index (κ2) is 26.0. The van der Waals surface area contributed by atoms with Crippen molar-refractivity contribution in [1.82, 2.24) is 30.7 Å². The number of nitrogens with two attached hydrogens (primary N) is 3. The Kier molecular flexibility index (Phi) is 21.7. The maximum absolute atomic E-state index is 14.4. The van der Waals surface area contributed by atoms with Crippen LogP contribution in [-0.2, 0) is 35.2 Å². The molecule has 2 aromatic rings. The molecule has 2 aromatic carbocycles. The average molecular weight is 850 g/mol. The van der Waals surface area contributed by atoms with Crippen LogP contribution in [0.2, 0.25) is 0 Å². The maximum Gasteiger partial charge on any atom is 0.253 e. The first-order valence-corrected chi connectivity index (χ1v) is 20.3. The van der Waals surface area contributed by atoms with Crippen LogP contribution < -0.4 is 33.2 Å². The molecule has 3 unspecified atom stereocenters. The number of guanidine groups is 2. The number of imide groups is 1. The van der Waals surface area contributed by atoms with Crippen molar-refractivity contribution in [2.75, 3.05) is 41.3 Å². The summed E-state index contributed by atoms with van der Waals surface area (Å²) in [6.07, 6.45) is 4.11. The molecule has 0 aliphatic heterocycles. The summed E-state index contributed by atoms with van der Waals surface area (Å²) in [5.74, 6) is -4.54. The summed E-state index contributed by atoms with van der Waals surface area (Å²) < 4.78 is 13.9. The number of aliphatic imine (C=N–C) groups is 2. The van der Waals surface area contributed by atoms with Crippen molar-refractivity contribution in [3.8, 4) is 0 Å². The van der Waals surface area contributed by atoms with Gasteiger partial charge in [0.25, 0.3) is 5.91 Å². The summed E-state index contributed by atoms with van der Waals surface area (Å²) in [5, 5.41) is 8.16. The zero-order chi connectivity index (χ0) is 45.6. The van der Waals surface area contributed by atoms with Crippen LogP contribution in [-0.4, -0.2) is 128 Å². The number of nitrogens with zero attached hydrogens (tertiary/aromatic N) is 5. The molecule has 17 nitrogen and oxygen atoms in total. The molecule has 0 aliphatic carbocycles. The Hall–Kier alpha value is -6.33. The van der Waals surface area contributed by atoms with Crippen molar-refractivity contribution >= 4 is 53.4 Å². The molecule has 334 valence electrons. The van der Waals surface area contributed by atoms with Crippen LogP contribution in [0.15, 0.2) is 70.7 Å². The molecule has 0 bridgehead atoms. The summed E-state index contributed by atoms with van der Waals surface area (Å²) in [5.41, 5.74) is 17.5. The number of rotatable bonds is 23. The van der Waals surface area contributed by atoms with E-state index in [2.05, 4.69) is 25.9 Å². The van der Waals surface area contributed by atoms with Gasteiger partial charge < -0.3 is 43.0 Å². The lowest BCUT2D eigenvalue weighted by molar-refractivity contribution is -0.148. The van der Waals surface area contributed by atoms with Gasteiger partial charge in [-0.2, -0.15) is 0 Å². The Morgan fingerprint density at radius 1 is 0.721 bits per heavy atom. The van der Waals surface area contributed by atoms with E-state index in [0.29, 0.717) is 36.9 Å². The lowest BCUT2D eigenvalue weighted by Gasteiger charge is -2.30. The molecule has 0 radical (unpaired) electrons. The predicted molar refractivity (Wildman–Crippen MR) is 235 cm³/mol. The Balaban J connectivity index is 2.52. The normalized spacial score (nSPS) is 12.9. The first-order valence-electron chi connectivity index (χ1n) is 20.3. The van der Waals surface area contributed by atoms with E-state index in [-0.39, 0.29) is 44.1 Å². The number of unbranched alkanes of at least 4 members (excludes halogenated alkanes) is 1. The number of hydrogen-bond acceptors (Lipinski definition) is 8. The number of hydrogen-bond donors (Lipinski definition) is 6. The maximum atomic E-state index is 14.4. The van der Waals surface area contributed by atoms with Crippen molar-refractivity contribution in [1.29, 1.82) is 0 Å². The van der Waals surface area contributed by atoms with Gasteiger partial charge in [0.1, 0.15) is 30.0 Å². The second-order valence-corrected chi connectivity index (χ2v) is 15.4. The highest BCUT2D eigenvalue weighted by molar-refractivity contribution is 6.06. The molecule has 0 saturated heterocycles. The van der Waals surface area contributed by atoms with E-state index in [4.69, 9.17) is 17.2 Å². The van der Waals surface area contributed by atoms with Crippen LogP contribution in [0.5, 0.6) is 0 Å². The lowest BCUT2D eigenvalue weighted by atomic mass is 10.00. The van der Waals surface area contributed by atoms with Crippen molar-refractivity contribution in [2.45, 2.75) is 89.9 Å². The van der Waals surface area contributed by atoms with Gasteiger partial charge in [0, 0.05) is 60.7 Å². The van der Waals surface area contributed by atoms with Crippen molar-refractivity contribution in [3.05, 3.63) is 77.6 Å². The molecule has 18 heteroatoms. The molecular weight excluding hydrogens is 786 g/mol. The standard InChI is InChI=1S/C43H64FN11O6/c1-28(2)26-35(40(60)50-33(38(45)58)17-13-25-48-42(46)47)52-39(59)34(16-11-12-24-49-43(53(4)5)54(6)7)51-41(61)36(27-31-18-21-32(44)22-19-31)55(29(3)56)37(57)23-20-30-14-9-8-10-15-30/h8-10,14-15,18-23,28,33-36H,11-13,16-17,24-27H2,1-7H3,(H2,45,58)(H,50,60)(H,51,61)(H,52,59)(H4,46,47,48)/b23-20+/t33?,34-,35?,36?/m1/s1. The number of benzene rings is 2. The van der Waals surface area contributed by atoms with E-state index >= 15 is 0 Å². The number of halogens is 1. The molecule has 0 saturated carbocycles. The first-order chi connectivity index (χ1) is 28.8. The highest BCUT2D eigenvalue weighted by atomic mass is 19.1. The molecule has 0 fully saturated rings. The number of amides is 6. The molecule has 2 rings (SSSR count). The third kappa shape index (κ3) is 18.6. The summed E-state index contributed by atoms with van der Waals surface area (Å²) in [4.78, 5) is 94.7. The first kappa shape index (κ1) is 50.8. The molecule has 4 atom stereocenters. The van der Waals surface area contributed by atoms with Crippen LogP contribution in [0.3, 0.4) is 0 Å². The van der Waals surface area contributed by atoms with Crippen molar-refractivity contribution in [3.63, 3.8) is 0 Å². The molecule has 0 heterocycles. The predicted octanol–water partition coefficient (Wildman–Crippen LogP) is 1.51. The second-order valence-electron chi connectivity index (χ2n) is 15.4. The summed E-state index contributed by atoms with van der Waals surface area (Å²) in [6.45, 7) is 5.45. The SMILES string of the molecule is CC(=O)N(C(=O)/C=C/c1ccccc1)C(Cc1ccc(F)cc1)C(=O)N[C@H](CCCCN=C(N(C)C)N(C)C)C(=O)NC(CC(C)C)C(=O)NC(CCCN=C(N)N)C(N)=O. The van der Waals surface area contributed by atoms with Gasteiger partial charge in [-0.3, -0.25) is 43.7 Å². The van der Waals surface area contributed by atoms with E-state index in [1.807, 2.05) is 57.9 Å². The van der Waals surface area contributed by atoms with E-state index in [9.17, 15) is 33.2 Å². The molecule has 0 aliphatic rings. The van der Waals surface area contributed by atoms with Crippen LogP contribution in [0.4, 0.5) is 4.39 Å². The minimum atomic E-state index is -1.47. The number of carbonyl (C=O) groups excluding carboxylic acids is 6. The van der Waals surface area contributed by atoms with Crippen LogP contribution in [0, 0.1) is 11.7 Å². The Morgan fingerprint density at radius 3 is 1.84 bits per heavy atom. The van der Waals surface area contributed by atoms with Gasteiger partial charge in [0.15, 0.2) is 11.9 Å². The van der Waals surface area contributed by atoms with Gasteiger partial charge in [0.2, 0.25) is 29.5 Å². The van der Waals surface area contributed by atoms with E-state index in [1.54, 1.807) is 24.3 Å². The topological polar surface area (TPSA) is 251 Å². The minimum Gasteiger partial charge on any atom is -0.370 e. The zero-order valence-electron chi connectivity index (χ0n) is 36.4. The molecule has 61 heavy (non-hydrogen) atoms. The van der Waals surface area contributed by atoms with Gasteiger partial charge in [-0.1, -0.05) is 56.3 Å². The quantitative estimate of drug-likeness (QED) is 0.0407.